The van der Waals surface area contributed by atoms with Crippen molar-refractivity contribution in [2.45, 2.75) is 6.92 Å². The Balaban J connectivity index is 1.69. The number of thiazole rings is 1. The lowest BCUT2D eigenvalue weighted by Gasteiger charge is -2.34. The van der Waals surface area contributed by atoms with Crippen molar-refractivity contribution in [2.24, 2.45) is 0 Å². The Hall–Kier alpha value is -1.67. The summed E-state index contributed by atoms with van der Waals surface area (Å²) in [6.45, 7) is 5.75. The van der Waals surface area contributed by atoms with E-state index < -0.39 is 0 Å². The van der Waals surface area contributed by atoms with Crippen LogP contribution in [0, 0.1) is 0 Å². The van der Waals surface area contributed by atoms with E-state index in [1.54, 1.807) is 11.3 Å². The fraction of sp³-hybridized carbons (Fsp3) is 0.500. The van der Waals surface area contributed by atoms with Crippen LogP contribution < -0.4 is 14.5 Å². The van der Waals surface area contributed by atoms with Crippen molar-refractivity contribution in [3.05, 3.63) is 16.9 Å². The first-order chi connectivity index (χ1) is 10.3. The summed E-state index contributed by atoms with van der Waals surface area (Å²) in [6.07, 6.45) is 1.83. The van der Waals surface area contributed by atoms with E-state index in [0.717, 1.165) is 31.3 Å². The van der Waals surface area contributed by atoms with Crippen LogP contribution in [0.5, 0.6) is 6.01 Å². The second-order valence-electron chi connectivity index (χ2n) is 4.41. The topological polar surface area (TPSA) is 67.3 Å². The van der Waals surface area contributed by atoms with Crippen LogP contribution >= 0.6 is 22.9 Å². The zero-order chi connectivity index (χ0) is 14.7. The molecule has 21 heavy (non-hydrogen) atoms. The Morgan fingerprint density at radius 3 is 2.62 bits per heavy atom. The molecule has 0 bridgehead atoms. The fourth-order valence-electron chi connectivity index (χ4n) is 2.13. The van der Waals surface area contributed by atoms with E-state index in [0.29, 0.717) is 12.6 Å². The van der Waals surface area contributed by atoms with Crippen molar-refractivity contribution in [3.63, 3.8) is 0 Å². The van der Waals surface area contributed by atoms with Gasteiger partial charge in [0.15, 0.2) is 5.13 Å². The van der Waals surface area contributed by atoms with Crippen LogP contribution in [0.2, 0.25) is 5.28 Å². The number of aromatic nitrogens is 4. The van der Waals surface area contributed by atoms with E-state index in [1.807, 2.05) is 18.5 Å². The van der Waals surface area contributed by atoms with E-state index in [-0.39, 0.29) is 11.3 Å². The maximum Gasteiger partial charge on any atom is 0.322 e. The molecule has 3 heterocycles. The van der Waals surface area contributed by atoms with Crippen LogP contribution in [0.1, 0.15) is 6.92 Å². The quantitative estimate of drug-likeness (QED) is 0.847. The Morgan fingerprint density at radius 2 is 1.95 bits per heavy atom. The van der Waals surface area contributed by atoms with Crippen LogP contribution in [0.4, 0.5) is 11.1 Å². The maximum atomic E-state index is 5.93. The van der Waals surface area contributed by atoms with Gasteiger partial charge in [-0.25, -0.2) is 4.98 Å². The molecule has 2 aromatic rings. The minimum absolute atomic E-state index is 0.158. The summed E-state index contributed by atoms with van der Waals surface area (Å²) in [5.74, 6) is 0.567. The molecule has 7 nitrogen and oxygen atoms in total. The molecule has 0 N–H and O–H groups in total. The monoisotopic (exact) mass is 326 g/mol. The SMILES string of the molecule is CCOc1nc(Cl)nc(N2CCN(c3nccs3)CC2)n1. The molecule has 1 fully saturated rings. The molecule has 0 radical (unpaired) electrons. The average molecular weight is 327 g/mol. The lowest BCUT2D eigenvalue weighted by Crippen LogP contribution is -2.47. The summed E-state index contributed by atoms with van der Waals surface area (Å²) >= 11 is 7.58. The highest BCUT2D eigenvalue weighted by Crippen LogP contribution is 2.21. The van der Waals surface area contributed by atoms with Crippen molar-refractivity contribution in [2.75, 3.05) is 42.6 Å². The van der Waals surface area contributed by atoms with E-state index in [4.69, 9.17) is 16.3 Å². The van der Waals surface area contributed by atoms with Crippen LogP contribution in [-0.2, 0) is 0 Å². The van der Waals surface area contributed by atoms with Crippen LogP contribution in [-0.4, -0.2) is 52.7 Å². The molecular weight excluding hydrogens is 312 g/mol. The number of hydrogen-bond acceptors (Lipinski definition) is 8. The largest absolute Gasteiger partial charge is 0.464 e. The second-order valence-corrected chi connectivity index (χ2v) is 5.62. The van der Waals surface area contributed by atoms with Gasteiger partial charge in [0.1, 0.15) is 0 Å². The van der Waals surface area contributed by atoms with Gasteiger partial charge in [0.05, 0.1) is 6.61 Å². The number of rotatable bonds is 4. The summed E-state index contributed by atoms with van der Waals surface area (Å²) in [5.41, 5.74) is 0. The van der Waals surface area contributed by atoms with Gasteiger partial charge in [0, 0.05) is 37.8 Å². The zero-order valence-electron chi connectivity index (χ0n) is 11.6. The van der Waals surface area contributed by atoms with Crippen molar-refractivity contribution < 1.29 is 4.74 Å². The minimum atomic E-state index is 0.158. The maximum absolute atomic E-state index is 5.93. The predicted octanol–water partition coefficient (Wildman–Crippen LogP) is 1.71. The molecule has 0 saturated carbocycles. The Morgan fingerprint density at radius 1 is 1.19 bits per heavy atom. The van der Waals surface area contributed by atoms with Gasteiger partial charge in [-0.2, -0.15) is 15.0 Å². The first kappa shape index (κ1) is 14.3. The van der Waals surface area contributed by atoms with Gasteiger partial charge in [-0.15, -0.1) is 11.3 Å². The standard InChI is InChI=1S/C12H15ClN6OS/c1-2-20-11-16-9(13)15-10(17-11)18-4-6-19(7-5-18)12-14-3-8-21-12/h3,8H,2,4-7H2,1H3. The van der Waals surface area contributed by atoms with Gasteiger partial charge >= 0.3 is 6.01 Å². The molecule has 112 valence electrons. The Kier molecular flexibility index (Phi) is 4.35. The van der Waals surface area contributed by atoms with Crippen molar-refractivity contribution in [1.82, 2.24) is 19.9 Å². The van der Waals surface area contributed by atoms with Gasteiger partial charge in [0.25, 0.3) is 0 Å². The van der Waals surface area contributed by atoms with E-state index >= 15 is 0 Å². The summed E-state index contributed by atoms with van der Waals surface area (Å²) in [6, 6.07) is 0.273. The van der Waals surface area contributed by atoms with Gasteiger partial charge in [-0.1, -0.05) is 0 Å². The number of nitrogens with zero attached hydrogens (tertiary/aromatic N) is 6. The highest BCUT2D eigenvalue weighted by molar-refractivity contribution is 7.13. The third-order valence-corrected chi connectivity index (χ3v) is 4.10. The van der Waals surface area contributed by atoms with Gasteiger partial charge in [-0.3, -0.25) is 0 Å². The molecule has 1 saturated heterocycles. The van der Waals surface area contributed by atoms with E-state index in [9.17, 15) is 0 Å². The smallest absolute Gasteiger partial charge is 0.322 e. The molecule has 1 aliphatic rings. The van der Waals surface area contributed by atoms with Crippen molar-refractivity contribution >= 4 is 34.0 Å². The average Bonchev–Trinajstić information content (AvgIpc) is 3.01. The first-order valence-corrected chi connectivity index (χ1v) is 7.96. The highest BCUT2D eigenvalue weighted by Gasteiger charge is 2.21. The van der Waals surface area contributed by atoms with Crippen molar-refractivity contribution in [1.29, 1.82) is 0 Å². The fourth-order valence-corrected chi connectivity index (χ4v) is 2.97. The molecular formula is C12H15ClN6OS. The number of halogens is 1. The molecule has 0 aromatic carbocycles. The van der Waals surface area contributed by atoms with Gasteiger partial charge in [-0.05, 0) is 18.5 Å². The summed E-state index contributed by atoms with van der Waals surface area (Å²) in [7, 11) is 0. The van der Waals surface area contributed by atoms with Gasteiger partial charge in [0.2, 0.25) is 11.2 Å². The Bertz CT molecular complexity index is 587. The third kappa shape index (κ3) is 3.33. The highest BCUT2D eigenvalue weighted by atomic mass is 35.5. The van der Waals surface area contributed by atoms with Gasteiger partial charge < -0.3 is 14.5 Å². The molecule has 0 aliphatic carbocycles. The molecule has 9 heteroatoms. The minimum Gasteiger partial charge on any atom is -0.464 e. The third-order valence-electron chi connectivity index (χ3n) is 3.10. The molecule has 3 rings (SSSR count). The molecule has 0 unspecified atom stereocenters. The number of hydrogen-bond donors (Lipinski definition) is 0. The predicted molar refractivity (Wildman–Crippen MR) is 82.5 cm³/mol. The second kappa shape index (κ2) is 6.40. The molecule has 1 aliphatic heterocycles. The summed E-state index contributed by atoms with van der Waals surface area (Å²) in [4.78, 5) is 21.1. The zero-order valence-corrected chi connectivity index (χ0v) is 13.1. The van der Waals surface area contributed by atoms with E-state index in [2.05, 4.69) is 29.7 Å². The van der Waals surface area contributed by atoms with Crippen LogP contribution in [0.3, 0.4) is 0 Å². The molecule has 0 amide bonds. The summed E-state index contributed by atoms with van der Waals surface area (Å²) < 4.78 is 5.31. The normalized spacial score (nSPS) is 15.3. The number of ether oxygens (including phenoxy) is 1. The molecule has 2 aromatic heterocycles. The first-order valence-electron chi connectivity index (χ1n) is 6.70. The van der Waals surface area contributed by atoms with Crippen molar-refractivity contribution in [3.8, 4) is 6.01 Å². The Labute approximate surface area is 131 Å². The lowest BCUT2D eigenvalue weighted by molar-refractivity contribution is 0.311. The molecule has 0 spiro atoms. The number of piperazine rings is 1. The van der Waals surface area contributed by atoms with E-state index in [1.165, 1.54) is 0 Å². The lowest BCUT2D eigenvalue weighted by atomic mass is 10.3. The molecule has 0 atom stereocenters. The summed E-state index contributed by atoms with van der Waals surface area (Å²) in [5, 5.41) is 3.20. The number of anilines is 2. The van der Waals surface area contributed by atoms with Crippen LogP contribution in [0.15, 0.2) is 11.6 Å². The van der Waals surface area contributed by atoms with Crippen LogP contribution in [0.25, 0.3) is 0 Å².